The van der Waals surface area contributed by atoms with E-state index in [2.05, 4.69) is 29.8 Å². The molecule has 1 aliphatic rings. The van der Waals surface area contributed by atoms with E-state index in [0.29, 0.717) is 30.7 Å². The normalized spacial score (nSPS) is 11.9. The van der Waals surface area contributed by atoms with Crippen molar-refractivity contribution in [2.24, 2.45) is 0 Å². The van der Waals surface area contributed by atoms with Gasteiger partial charge in [-0.15, -0.1) is 0 Å². The third-order valence-corrected chi connectivity index (χ3v) is 8.42. The molecule has 0 aromatic heterocycles. The highest BCUT2D eigenvalue weighted by atomic mass is 79.9. The van der Waals surface area contributed by atoms with Crippen molar-refractivity contribution in [2.45, 2.75) is 90.9 Å². The van der Waals surface area contributed by atoms with Gasteiger partial charge < -0.3 is 18.9 Å². The average molecular weight is 725 g/mol. The Morgan fingerprint density at radius 1 is 0.500 bits per heavy atom. The molecule has 48 heavy (non-hydrogen) atoms. The largest absolute Gasteiger partial charge is 0.493 e. The molecule has 0 saturated carbocycles. The number of nitrogens with zero attached hydrogens (tertiary/aromatic N) is 1. The lowest BCUT2D eigenvalue weighted by atomic mass is 10.1. The minimum atomic E-state index is -0.199. The lowest BCUT2D eigenvalue weighted by Crippen LogP contribution is -2.30. The first-order chi connectivity index (χ1) is 23.6. The fourth-order valence-corrected chi connectivity index (χ4v) is 5.53. The molecule has 1 aliphatic heterocycles. The van der Waals surface area contributed by atoms with Crippen molar-refractivity contribution >= 4 is 27.7 Å². The molecule has 3 aromatic rings. The van der Waals surface area contributed by atoms with Gasteiger partial charge in [-0.3, -0.25) is 14.5 Å². The Kier molecular flexibility index (Phi) is 19.3. The van der Waals surface area contributed by atoms with E-state index in [1.807, 2.05) is 48.5 Å². The van der Waals surface area contributed by atoms with Crippen LogP contribution < -0.4 is 18.9 Å². The molecule has 262 valence electrons. The fourth-order valence-electron chi connectivity index (χ4n) is 5.14. The van der Waals surface area contributed by atoms with Gasteiger partial charge in [0.1, 0.15) is 23.0 Å². The van der Waals surface area contributed by atoms with E-state index in [1.54, 1.807) is 24.3 Å². The molecule has 0 fully saturated rings. The van der Waals surface area contributed by atoms with Gasteiger partial charge in [-0.25, -0.2) is 0 Å². The topological polar surface area (TPSA) is 74.3 Å². The second-order valence-corrected chi connectivity index (χ2v) is 12.7. The maximum absolute atomic E-state index is 12.3. The molecule has 0 N–H and O–H groups in total. The summed E-state index contributed by atoms with van der Waals surface area (Å²) in [5.41, 5.74) is 1.00. The van der Waals surface area contributed by atoms with Crippen LogP contribution >= 0.6 is 15.9 Å². The standard InChI is InChI=1S/C24H29NO4.C16H25BrO2/c1-2-3-4-8-16-28-19-11-10-12-20(18-19)29-17-9-7-15-25-23(26)21-13-5-6-14-22(21)24(25)27;1-2-3-4-6-12-18-15-9-8-10-16(14-15)19-13-7-5-11-17/h5-6,10-14,18H,2-4,7-9,15-17H2,1H3;8-10,14H,2-7,11-13H2,1H3. The molecular formula is C40H54BrNO6. The maximum Gasteiger partial charge on any atom is 0.261 e. The third kappa shape index (κ3) is 14.3. The van der Waals surface area contributed by atoms with Crippen LogP contribution in [0.1, 0.15) is 112 Å². The number of hydrogen-bond donors (Lipinski definition) is 0. The molecule has 0 atom stereocenters. The Morgan fingerprint density at radius 2 is 0.896 bits per heavy atom. The summed E-state index contributed by atoms with van der Waals surface area (Å²) < 4.78 is 23.0. The number of ether oxygens (including phenoxy) is 4. The summed E-state index contributed by atoms with van der Waals surface area (Å²) in [7, 11) is 0. The van der Waals surface area contributed by atoms with Crippen LogP contribution in [0.25, 0.3) is 0 Å². The smallest absolute Gasteiger partial charge is 0.261 e. The predicted octanol–water partition coefficient (Wildman–Crippen LogP) is 10.3. The molecule has 0 spiro atoms. The number of carbonyl (C=O) groups excluding carboxylic acids is 2. The number of alkyl halides is 1. The van der Waals surface area contributed by atoms with E-state index in [0.717, 1.165) is 80.3 Å². The second kappa shape index (κ2) is 23.7. The summed E-state index contributed by atoms with van der Waals surface area (Å²) in [6.45, 7) is 7.65. The zero-order valence-electron chi connectivity index (χ0n) is 28.9. The highest BCUT2D eigenvalue weighted by Crippen LogP contribution is 2.24. The van der Waals surface area contributed by atoms with Crippen molar-refractivity contribution in [1.82, 2.24) is 4.90 Å². The molecular weight excluding hydrogens is 670 g/mol. The molecule has 7 nitrogen and oxygen atoms in total. The number of hydrogen-bond acceptors (Lipinski definition) is 6. The van der Waals surface area contributed by atoms with Gasteiger partial charge in [0, 0.05) is 24.0 Å². The third-order valence-electron chi connectivity index (χ3n) is 7.86. The van der Waals surface area contributed by atoms with Crippen LogP contribution in [-0.4, -0.2) is 55.0 Å². The molecule has 0 aliphatic carbocycles. The number of imide groups is 1. The van der Waals surface area contributed by atoms with Crippen molar-refractivity contribution < 1.29 is 28.5 Å². The molecule has 0 bridgehead atoms. The van der Waals surface area contributed by atoms with Crippen LogP contribution in [0.3, 0.4) is 0 Å². The van der Waals surface area contributed by atoms with Crippen LogP contribution in [-0.2, 0) is 0 Å². The molecule has 1 heterocycles. The van der Waals surface area contributed by atoms with Gasteiger partial charge in [0.15, 0.2) is 0 Å². The van der Waals surface area contributed by atoms with E-state index >= 15 is 0 Å². The van der Waals surface area contributed by atoms with E-state index in [9.17, 15) is 9.59 Å². The van der Waals surface area contributed by atoms with Crippen LogP contribution in [0.5, 0.6) is 23.0 Å². The monoisotopic (exact) mass is 723 g/mol. The first-order valence-corrected chi connectivity index (χ1v) is 18.9. The summed E-state index contributed by atoms with van der Waals surface area (Å²) in [5, 5.41) is 1.04. The van der Waals surface area contributed by atoms with Gasteiger partial charge in [-0.05, 0) is 74.9 Å². The average Bonchev–Trinajstić information content (AvgIpc) is 3.35. The lowest BCUT2D eigenvalue weighted by Gasteiger charge is -2.14. The van der Waals surface area contributed by atoms with Crippen molar-refractivity contribution in [2.75, 3.05) is 38.3 Å². The van der Waals surface area contributed by atoms with E-state index < -0.39 is 0 Å². The van der Waals surface area contributed by atoms with Gasteiger partial charge in [-0.1, -0.05) is 92.6 Å². The number of fused-ring (bicyclic) bond motifs is 1. The minimum Gasteiger partial charge on any atom is -0.493 e. The van der Waals surface area contributed by atoms with Crippen LogP contribution in [0.4, 0.5) is 0 Å². The first kappa shape index (κ1) is 38.9. The number of benzene rings is 3. The van der Waals surface area contributed by atoms with Gasteiger partial charge in [0.25, 0.3) is 11.8 Å². The second-order valence-electron chi connectivity index (χ2n) is 11.9. The minimum absolute atomic E-state index is 0.199. The maximum atomic E-state index is 12.3. The van der Waals surface area contributed by atoms with Crippen LogP contribution in [0.2, 0.25) is 0 Å². The van der Waals surface area contributed by atoms with Gasteiger partial charge in [0.2, 0.25) is 0 Å². The van der Waals surface area contributed by atoms with E-state index in [-0.39, 0.29) is 11.8 Å². The Morgan fingerprint density at radius 3 is 1.29 bits per heavy atom. The van der Waals surface area contributed by atoms with Crippen molar-refractivity contribution in [1.29, 1.82) is 0 Å². The molecule has 0 saturated heterocycles. The molecule has 3 aromatic carbocycles. The zero-order valence-corrected chi connectivity index (χ0v) is 30.5. The Bertz CT molecular complexity index is 1310. The lowest BCUT2D eigenvalue weighted by molar-refractivity contribution is 0.0649. The fraction of sp³-hybridized carbons (Fsp3) is 0.500. The zero-order chi connectivity index (χ0) is 34.2. The van der Waals surface area contributed by atoms with Crippen LogP contribution in [0, 0.1) is 0 Å². The molecule has 0 radical (unpaired) electrons. The molecule has 2 amide bonds. The number of unbranched alkanes of at least 4 members (excludes halogenated alkanes) is 8. The Balaban J connectivity index is 0.000000286. The molecule has 4 rings (SSSR count). The molecule has 0 unspecified atom stereocenters. The summed E-state index contributed by atoms with van der Waals surface area (Å²) in [5.74, 6) is 3.02. The van der Waals surface area contributed by atoms with Crippen LogP contribution in [0.15, 0.2) is 72.8 Å². The highest BCUT2D eigenvalue weighted by molar-refractivity contribution is 9.09. The van der Waals surface area contributed by atoms with E-state index in [1.165, 1.54) is 43.4 Å². The van der Waals surface area contributed by atoms with Gasteiger partial charge >= 0.3 is 0 Å². The summed E-state index contributed by atoms with van der Waals surface area (Å²) >= 11 is 3.42. The number of carbonyl (C=O) groups is 2. The molecule has 8 heteroatoms. The summed E-state index contributed by atoms with van der Waals surface area (Å²) in [4.78, 5) is 26.0. The first-order valence-electron chi connectivity index (χ1n) is 17.8. The van der Waals surface area contributed by atoms with Crippen molar-refractivity contribution in [3.63, 3.8) is 0 Å². The Labute approximate surface area is 296 Å². The van der Waals surface area contributed by atoms with Gasteiger partial charge in [-0.2, -0.15) is 0 Å². The van der Waals surface area contributed by atoms with Crippen molar-refractivity contribution in [3.8, 4) is 23.0 Å². The predicted molar refractivity (Wildman–Crippen MR) is 197 cm³/mol. The Hall–Kier alpha value is -3.52. The highest BCUT2D eigenvalue weighted by Gasteiger charge is 2.34. The van der Waals surface area contributed by atoms with Crippen molar-refractivity contribution in [3.05, 3.63) is 83.9 Å². The number of halogens is 1. The van der Waals surface area contributed by atoms with Gasteiger partial charge in [0.05, 0.1) is 37.6 Å². The summed E-state index contributed by atoms with van der Waals surface area (Å²) in [6, 6.07) is 22.6. The quantitative estimate of drug-likeness (QED) is 0.0551. The number of rotatable bonds is 23. The SMILES string of the molecule is CCCCCCOc1cccc(OCCCCBr)c1.CCCCCCOc1cccc(OCCCCN2C(=O)c3ccccc3C2=O)c1. The summed E-state index contributed by atoms with van der Waals surface area (Å²) in [6.07, 6.45) is 13.3. The van der Waals surface area contributed by atoms with E-state index in [4.69, 9.17) is 18.9 Å². The number of amides is 2.